The number of hydrogen-bond donors (Lipinski definition) is 1. The van der Waals surface area contributed by atoms with E-state index in [9.17, 15) is 0 Å². The summed E-state index contributed by atoms with van der Waals surface area (Å²) in [5.74, 6) is 0. The van der Waals surface area contributed by atoms with E-state index in [2.05, 4.69) is 36.1 Å². The van der Waals surface area contributed by atoms with Crippen molar-refractivity contribution < 1.29 is 0 Å². The molecular weight excluding hydrogens is 220 g/mol. The molecule has 2 unspecified atom stereocenters. The third-order valence-corrected chi connectivity index (χ3v) is 4.49. The Hall–Kier alpha value is -0.860. The maximum absolute atomic E-state index is 6.49. The standard InChI is InChI=1S/C16H24N2/c1-12-6-2-3-7-14(12)16-15(17)8-4-5-11-18(16)13-9-10-13/h2-3,6-7,13,15-16H,4-5,8-11,17H2,1H3. The Balaban J connectivity index is 1.95. The van der Waals surface area contributed by atoms with Crippen molar-refractivity contribution in [3.05, 3.63) is 35.4 Å². The predicted octanol–water partition coefficient (Wildman–Crippen LogP) is 3.01. The molecule has 0 amide bonds. The lowest BCUT2D eigenvalue weighted by molar-refractivity contribution is 0.175. The highest BCUT2D eigenvalue weighted by Crippen LogP contribution is 2.39. The van der Waals surface area contributed by atoms with Gasteiger partial charge in [-0.25, -0.2) is 0 Å². The Bertz CT molecular complexity index is 411. The molecule has 1 aliphatic carbocycles. The minimum Gasteiger partial charge on any atom is -0.326 e. The molecule has 0 bridgehead atoms. The van der Waals surface area contributed by atoms with Gasteiger partial charge in [0.15, 0.2) is 0 Å². The van der Waals surface area contributed by atoms with Gasteiger partial charge in [0.1, 0.15) is 0 Å². The van der Waals surface area contributed by atoms with Gasteiger partial charge in [0.25, 0.3) is 0 Å². The van der Waals surface area contributed by atoms with Crippen LogP contribution in [0.2, 0.25) is 0 Å². The summed E-state index contributed by atoms with van der Waals surface area (Å²) in [5.41, 5.74) is 9.35. The van der Waals surface area contributed by atoms with Gasteiger partial charge in [-0.3, -0.25) is 4.90 Å². The number of aryl methyl sites for hydroxylation is 1. The van der Waals surface area contributed by atoms with Gasteiger partial charge in [-0.1, -0.05) is 30.7 Å². The lowest BCUT2D eigenvalue weighted by Gasteiger charge is -2.34. The van der Waals surface area contributed by atoms with Crippen LogP contribution < -0.4 is 5.73 Å². The molecule has 98 valence electrons. The summed E-state index contributed by atoms with van der Waals surface area (Å²) in [6.07, 6.45) is 6.51. The molecule has 2 aliphatic rings. The zero-order chi connectivity index (χ0) is 12.5. The molecule has 2 fully saturated rings. The van der Waals surface area contributed by atoms with E-state index in [1.54, 1.807) is 0 Å². The van der Waals surface area contributed by atoms with Gasteiger partial charge in [-0.05, 0) is 50.3 Å². The average Bonchev–Trinajstić information content (AvgIpc) is 3.17. The van der Waals surface area contributed by atoms with E-state index in [0.717, 1.165) is 6.04 Å². The van der Waals surface area contributed by atoms with Crippen molar-refractivity contribution >= 4 is 0 Å². The summed E-state index contributed by atoms with van der Waals surface area (Å²) in [5, 5.41) is 0. The first kappa shape index (κ1) is 12.2. The van der Waals surface area contributed by atoms with Crippen molar-refractivity contribution in [2.45, 2.75) is 57.2 Å². The van der Waals surface area contributed by atoms with Crippen molar-refractivity contribution in [3.63, 3.8) is 0 Å². The predicted molar refractivity (Wildman–Crippen MR) is 75.5 cm³/mol. The smallest absolute Gasteiger partial charge is 0.0504 e. The quantitative estimate of drug-likeness (QED) is 0.866. The van der Waals surface area contributed by atoms with Crippen LogP contribution in [0, 0.1) is 6.92 Å². The molecule has 18 heavy (non-hydrogen) atoms. The number of nitrogens with two attached hydrogens (primary N) is 1. The fraction of sp³-hybridized carbons (Fsp3) is 0.625. The Labute approximate surface area is 110 Å². The molecule has 1 aromatic rings. The second-order valence-electron chi connectivity index (χ2n) is 5.93. The van der Waals surface area contributed by atoms with Gasteiger partial charge in [0.2, 0.25) is 0 Å². The number of benzene rings is 1. The highest BCUT2D eigenvalue weighted by Gasteiger charge is 2.38. The van der Waals surface area contributed by atoms with Crippen molar-refractivity contribution in [1.82, 2.24) is 4.90 Å². The van der Waals surface area contributed by atoms with E-state index in [1.165, 1.54) is 49.8 Å². The van der Waals surface area contributed by atoms with Crippen molar-refractivity contribution in [1.29, 1.82) is 0 Å². The molecule has 2 heteroatoms. The highest BCUT2D eigenvalue weighted by molar-refractivity contribution is 5.30. The highest BCUT2D eigenvalue weighted by atomic mass is 15.2. The summed E-state index contributed by atoms with van der Waals surface area (Å²) in [7, 11) is 0. The maximum Gasteiger partial charge on any atom is 0.0504 e. The minimum atomic E-state index is 0.300. The Kier molecular flexibility index (Phi) is 3.40. The Morgan fingerprint density at radius 1 is 1.11 bits per heavy atom. The van der Waals surface area contributed by atoms with Crippen molar-refractivity contribution in [2.75, 3.05) is 6.54 Å². The van der Waals surface area contributed by atoms with Gasteiger partial charge >= 0.3 is 0 Å². The molecule has 1 saturated heterocycles. The van der Waals surface area contributed by atoms with Crippen LogP contribution in [0.25, 0.3) is 0 Å². The molecular formula is C16H24N2. The number of hydrogen-bond acceptors (Lipinski definition) is 2. The SMILES string of the molecule is Cc1ccccc1C1C(N)CCCCN1C1CC1. The van der Waals surface area contributed by atoms with Gasteiger partial charge in [-0.2, -0.15) is 0 Å². The van der Waals surface area contributed by atoms with Crippen LogP contribution in [0.4, 0.5) is 0 Å². The van der Waals surface area contributed by atoms with E-state index in [-0.39, 0.29) is 0 Å². The van der Waals surface area contributed by atoms with E-state index < -0.39 is 0 Å². The maximum atomic E-state index is 6.49. The largest absolute Gasteiger partial charge is 0.326 e. The van der Waals surface area contributed by atoms with Crippen LogP contribution in [-0.2, 0) is 0 Å². The number of likely N-dealkylation sites (tertiary alicyclic amines) is 1. The molecule has 1 aliphatic heterocycles. The van der Waals surface area contributed by atoms with Crippen LogP contribution in [0.5, 0.6) is 0 Å². The van der Waals surface area contributed by atoms with Gasteiger partial charge in [-0.15, -0.1) is 0 Å². The van der Waals surface area contributed by atoms with E-state index in [0.29, 0.717) is 12.1 Å². The average molecular weight is 244 g/mol. The van der Waals surface area contributed by atoms with Crippen molar-refractivity contribution in [2.24, 2.45) is 5.73 Å². The van der Waals surface area contributed by atoms with Crippen LogP contribution in [0.3, 0.4) is 0 Å². The molecule has 1 heterocycles. The van der Waals surface area contributed by atoms with Crippen LogP contribution in [0.15, 0.2) is 24.3 Å². The molecule has 2 nitrogen and oxygen atoms in total. The molecule has 3 rings (SSSR count). The van der Waals surface area contributed by atoms with Crippen LogP contribution in [-0.4, -0.2) is 23.5 Å². The van der Waals surface area contributed by atoms with Crippen molar-refractivity contribution in [3.8, 4) is 0 Å². The monoisotopic (exact) mass is 244 g/mol. The van der Waals surface area contributed by atoms with E-state index in [1.807, 2.05) is 0 Å². The number of rotatable bonds is 2. The first-order valence-electron chi connectivity index (χ1n) is 7.34. The molecule has 2 atom stereocenters. The molecule has 0 radical (unpaired) electrons. The number of nitrogens with zero attached hydrogens (tertiary/aromatic N) is 1. The Morgan fingerprint density at radius 3 is 2.61 bits per heavy atom. The van der Waals surface area contributed by atoms with E-state index in [4.69, 9.17) is 5.73 Å². The molecule has 0 aromatic heterocycles. The first-order valence-corrected chi connectivity index (χ1v) is 7.34. The van der Waals surface area contributed by atoms with Gasteiger partial charge < -0.3 is 5.73 Å². The van der Waals surface area contributed by atoms with E-state index >= 15 is 0 Å². The molecule has 0 spiro atoms. The fourth-order valence-corrected chi connectivity index (χ4v) is 3.36. The van der Waals surface area contributed by atoms with Crippen LogP contribution in [0.1, 0.15) is 49.3 Å². The summed E-state index contributed by atoms with van der Waals surface area (Å²) in [4.78, 5) is 2.69. The third kappa shape index (κ3) is 2.32. The summed E-state index contributed by atoms with van der Waals surface area (Å²) < 4.78 is 0. The molecule has 2 N–H and O–H groups in total. The summed E-state index contributed by atoms with van der Waals surface area (Å²) >= 11 is 0. The second kappa shape index (κ2) is 5.02. The lowest BCUT2D eigenvalue weighted by atomic mass is 9.93. The topological polar surface area (TPSA) is 29.3 Å². The summed E-state index contributed by atoms with van der Waals surface area (Å²) in [6, 6.07) is 10.3. The van der Waals surface area contributed by atoms with Crippen LogP contribution >= 0.6 is 0 Å². The Morgan fingerprint density at radius 2 is 1.89 bits per heavy atom. The molecule has 1 saturated carbocycles. The summed E-state index contributed by atoms with van der Waals surface area (Å²) in [6.45, 7) is 3.45. The lowest BCUT2D eigenvalue weighted by Crippen LogP contribution is -2.41. The second-order valence-corrected chi connectivity index (χ2v) is 5.93. The van der Waals surface area contributed by atoms with Gasteiger partial charge in [0.05, 0.1) is 6.04 Å². The minimum absolute atomic E-state index is 0.300. The first-order chi connectivity index (χ1) is 8.77. The third-order valence-electron chi connectivity index (χ3n) is 4.49. The fourth-order valence-electron chi connectivity index (χ4n) is 3.36. The zero-order valence-corrected chi connectivity index (χ0v) is 11.3. The zero-order valence-electron chi connectivity index (χ0n) is 11.3. The normalized spacial score (nSPS) is 30.1. The molecule has 1 aromatic carbocycles. The van der Waals surface area contributed by atoms with Gasteiger partial charge in [0, 0.05) is 12.1 Å².